The first-order valence-corrected chi connectivity index (χ1v) is 27.3. The number of anilines is 1. The molecule has 2 aromatic carbocycles. The van der Waals surface area contributed by atoms with Crippen LogP contribution in [-0.4, -0.2) is 148 Å². The van der Waals surface area contributed by atoms with Crippen LogP contribution in [0.1, 0.15) is 73.8 Å². The SMILES string of the molecule is Cc1nc2cc(F)c(-c3cnc(OCCOCCN(N)/C=C(\N)COCC(=O)N4CC(OCCNC(=O)COc5cccc(Oc6ccc(C(=O)N[C@@H](CCC(C)(C)C)C(=O)O)cn6)c5)C4)nc3)nc2c(N[C@H](C)c2cc(C#N)ccc2F)c1Cl. The van der Waals surface area contributed by atoms with Crippen molar-refractivity contribution in [2.75, 3.05) is 77.7 Å². The second-order valence-electron chi connectivity index (χ2n) is 20.8. The van der Waals surface area contributed by atoms with E-state index in [4.69, 9.17) is 51.6 Å². The Balaban J connectivity index is 0.719. The average Bonchev–Trinajstić information content (AvgIpc) is 2.62. The smallest absolute Gasteiger partial charge is 0.326 e. The van der Waals surface area contributed by atoms with Gasteiger partial charge in [-0.1, -0.05) is 38.4 Å². The Labute approximate surface area is 493 Å². The van der Waals surface area contributed by atoms with E-state index in [1.165, 1.54) is 66.2 Å². The van der Waals surface area contributed by atoms with Crippen LogP contribution in [0.2, 0.25) is 5.02 Å². The summed E-state index contributed by atoms with van der Waals surface area (Å²) in [6.45, 7) is 10.7. The van der Waals surface area contributed by atoms with E-state index in [2.05, 4.69) is 40.9 Å². The first-order valence-electron chi connectivity index (χ1n) is 26.9. The van der Waals surface area contributed by atoms with Gasteiger partial charge in [0.15, 0.2) is 12.4 Å². The molecule has 1 aliphatic rings. The number of benzene rings is 2. The van der Waals surface area contributed by atoms with E-state index in [0.717, 1.165) is 0 Å². The molecule has 5 heterocycles. The number of aromatic nitrogens is 5. The predicted molar refractivity (Wildman–Crippen MR) is 307 cm³/mol. The fourth-order valence-corrected chi connectivity index (χ4v) is 8.42. The molecule has 1 aliphatic heterocycles. The van der Waals surface area contributed by atoms with Gasteiger partial charge in [0.2, 0.25) is 11.8 Å². The van der Waals surface area contributed by atoms with Crippen LogP contribution in [0.5, 0.6) is 23.4 Å². The topological polar surface area (TPSA) is 327 Å². The van der Waals surface area contributed by atoms with Gasteiger partial charge in [-0.3, -0.25) is 14.4 Å². The summed E-state index contributed by atoms with van der Waals surface area (Å²) in [4.78, 5) is 72.6. The number of amides is 3. The van der Waals surface area contributed by atoms with Crippen LogP contribution in [0.25, 0.3) is 22.3 Å². The molecule has 0 bridgehead atoms. The van der Waals surface area contributed by atoms with Gasteiger partial charge in [0.25, 0.3) is 11.8 Å². The van der Waals surface area contributed by atoms with Crippen LogP contribution in [0.3, 0.4) is 0 Å². The molecule has 4 aromatic heterocycles. The van der Waals surface area contributed by atoms with Gasteiger partial charge in [0, 0.05) is 73.8 Å². The molecule has 1 fully saturated rings. The lowest BCUT2D eigenvalue weighted by Gasteiger charge is -2.38. The monoisotopic (exact) mass is 1190 g/mol. The highest BCUT2D eigenvalue weighted by molar-refractivity contribution is 6.35. The third kappa shape index (κ3) is 19.1. The lowest BCUT2D eigenvalue weighted by molar-refractivity contribution is -0.149. The molecule has 6 aromatic rings. The Hall–Kier alpha value is -8.87. The molecule has 0 saturated carbocycles. The summed E-state index contributed by atoms with van der Waals surface area (Å²) in [5, 5.41) is 28.9. The lowest BCUT2D eigenvalue weighted by atomic mass is 9.88. The van der Waals surface area contributed by atoms with E-state index in [9.17, 15) is 33.9 Å². The van der Waals surface area contributed by atoms with Gasteiger partial charge in [-0.25, -0.2) is 44.3 Å². The summed E-state index contributed by atoms with van der Waals surface area (Å²) in [7, 11) is 0. The zero-order valence-corrected chi connectivity index (χ0v) is 48.2. The molecular weight excluding hydrogens is 1130 g/mol. The van der Waals surface area contributed by atoms with Gasteiger partial charge in [0.05, 0.1) is 89.9 Å². The maximum atomic E-state index is 15.5. The third-order valence-corrected chi connectivity index (χ3v) is 13.3. The molecule has 0 unspecified atom stereocenters. The number of hydrogen-bond acceptors (Lipinski definition) is 20. The highest BCUT2D eigenvalue weighted by Gasteiger charge is 2.31. The van der Waals surface area contributed by atoms with Crippen molar-refractivity contribution in [1.82, 2.24) is 45.5 Å². The van der Waals surface area contributed by atoms with Crippen LogP contribution in [0.4, 0.5) is 14.5 Å². The zero-order valence-electron chi connectivity index (χ0n) is 47.4. The van der Waals surface area contributed by atoms with Crippen LogP contribution in [0, 0.1) is 35.3 Å². The molecule has 0 spiro atoms. The number of carbonyl (C=O) groups excluding carboxylic acids is 3. The van der Waals surface area contributed by atoms with E-state index in [1.807, 2.05) is 26.8 Å². The van der Waals surface area contributed by atoms with Crippen molar-refractivity contribution >= 4 is 52.0 Å². The largest absolute Gasteiger partial charge is 0.484 e. The zero-order chi connectivity index (χ0) is 61.2. The molecular formula is C58H66ClF2N13O11. The van der Waals surface area contributed by atoms with Gasteiger partial charge in [0.1, 0.15) is 47.8 Å². The summed E-state index contributed by atoms with van der Waals surface area (Å²) >= 11 is 6.67. The normalized spacial score (nSPS) is 13.3. The highest BCUT2D eigenvalue weighted by atomic mass is 35.5. The summed E-state index contributed by atoms with van der Waals surface area (Å²) in [5.41, 5.74) is 8.21. The summed E-state index contributed by atoms with van der Waals surface area (Å²) in [6.07, 6.45) is 6.15. The number of nitrogens with one attached hydrogen (secondary N) is 3. The minimum absolute atomic E-state index is 0.00866. The van der Waals surface area contributed by atoms with E-state index in [-0.39, 0.29) is 151 Å². The predicted octanol–water partition coefficient (Wildman–Crippen LogP) is 6.38. The number of carboxylic acids is 1. The maximum Gasteiger partial charge on any atom is 0.326 e. The van der Waals surface area contributed by atoms with E-state index < -0.39 is 35.6 Å². The number of hydrogen-bond donors (Lipinski definition) is 6. The van der Waals surface area contributed by atoms with Crippen LogP contribution in [0.15, 0.2) is 91.2 Å². The lowest BCUT2D eigenvalue weighted by Crippen LogP contribution is -2.56. The van der Waals surface area contributed by atoms with Crippen LogP contribution < -0.4 is 41.7 Å². The molecule has 3 amide bonds. The number of rotatable bonds is 30. The first-order chi connectivity index (χ1) is 40.6. The minimum Gasteiger partial charge on any atom is -0.484 e. The molecule has 27 heteroatoms. The molecule has 2 atom stereocenters. The number of aryl methyl sites for hydroxylation is 1. The summed E-state index contributed by atoms with van der Waals surface area (Å²) < 4.78 is 64.2. The van der Waals surface area contributed by atoms with Gasteiger partial charge >= 0.3 is 12.0 Å². The number of hydrazine groups is 1. The van der Waals surface area contributed by atoms with Crippen molar-refractivity contribution < 1.29 is 61.5 Å². The van der Waals surface area contributed by atoms with Crippen molar-refractivity contribution in [1.29, 1.82) is 5.26 Å². The standard InChI is InChI=1S/C58H66ClF2N13O11/c1-34(43-21-36(24-62)9-11-44(43)60)70-54-51(59)35(2)69-47-23-45(61)52(72-53(47)54)38-26-67-57(68-27-38)83-20-19-80-18-16-74(64)28-39(63)31-81-33-50(76)73-29-42(30-73)82-17-15-65-48(75)32-84-40-7-6-8-41(22-40)85-49-12-10-37(25-66-49)55(77)71-46(56(78)79)13-14-58(3,4)5/h6-12,21-23,25-28,34,42,46H,13-20,29-33,63-64H2,1-5H3,(H,65,75)(H,69,70)(H,71,77)(H,78,79)/b39-28-/t34-,46+/m1/s1. The van der Waals surface area contributed by atoms with Crippen LogP contribution in [-0.2, 0) is 28.6 Å². The number of halogens is 3. The van der Waals surface area contributed by atoms with Gasteiger partial charge in [-0.05, 0) is 68.5 Å². The third-order valence-electron chi connectivity index (χ3n) is 12.8. The maximum absolute atomic E-state index is 15.5. The molecule has 24 nitrogen and oxygen atoms in total. The number of ether oxygens (including phenoxy) is 6. The summed E-state index contributed by atoms with van der Waals surface area (Å²) in [5.74, 6) is 3.43. The fourth-order valence-electron chi connectivity index (χ4n) is 8.24. The van der Waals surface area contributed by atoms with E-state index in [0.29, 0.717) is 42.4 Å². The molecule has 1 saturated heterocycles. The first kappa shape index (κ1) is 63.7. The number of carboxylic acid groups (broad SMARTS) is 1. The van der Waals surface area contributed by atoms with Gasteiger partial charge in [-0.15, -0.1) is 0 Å². The van der Waals surface area contributed by atoms with Crippen molar-refractivity contribution in [2.45, 2.75) is 65.6 Å². The average molecular weight is 1190 g/mol. The quantitative estimate of drug-likeness (QED) is 0.0162. The van der Waals surface area contributed by atoms with Gasteiger partial charge < -0.3 is 65.1 Å². The minimum atomic E-state index is -1.11. The Kier molecular flexibility index (Phi) is 22.6. The number of fused-ring (bicyclic) bond motifs is 1. The number of nitrogens with zero attached hydrogens (tertiary/aromatic N) is 8. The van der Waals surface area contributed by atoms with E-state index in [1.54, 1.807) is 43.0 Å². The number of pyridine rings is 3. The second kappa shape index (κ2) is 30.1. The Morgan fingerprint density at radius 1 is 0.929 bits per heavy atom. The summed E-state index contributed by atoms with van der Waals surface area (Å²) in [6, 6.07) is 15.1. The van der Waals surface area contributed by atoms with Crippen molar-refractivity contribution in [3.63, 3.8) is 0 Å². The molecule has 7 rings (SSSR count). The molecule has 85 heavy (non-hydrogen) atoms. The molecule has 0 aliphatic carbocycles. The molecule has 0 radical (unpaired) electrons. The van der Waals surface area contributed by atoms with Crippen LogP contribution >= 0.6 is 11.6 Å². The second-order valence-corrected chi connectivity index (χ2v) is 21.2. The van der Waals surface area contributed by atoms with Crippen molar-refractivity contribution in [2.24, 2.45) is 17.0 Å². The highest BCUT2D eigenvalue weighted by Crippen LogP contribution is 2.37. The number of nitrogens with two attached hydrogens (primary N) is 2. The Bertz CT molecular complexity index is 3380. The number of likely N-dealkylation sites (tertiary alicyclic amines) is 1. The van der Waals surface area contributed by atoms with Crippen molar-refractivity contribution in [3.05, 3.63) is 130 Å². The van der Waals surface area contributed by atoms with Crippen molar-refractivity contribution in [3.8, 4) is 40.7 Å². The number of nitriles is 1. The molecule has 8 N–H and O–H groups in total. The fraction of sp³-hybridized carbons (Fsp3) is 0.379. The number of aliphatic carboxylic acids is 1. The Morgan fingerprint density at radius 2 is 1.69 bits per heavy atom. The van der Waals surface area contributed by atoms with Gasteiger partial charge in [-0.2, -0.15) is 5.26 Å². The molecule has 450 valence electrons. The number of carbonyl (C=O) groups is 4. The van der Waals surface area contributed by atoms with E-state index >= 15 is 4.39 Å². The Morgan fingerprint density at radius 3 is 2.41 bits per heavy atom.